The van der Waals surface area contributed by atoms with E-state index in [1.807, 2.05) is 0 Å². The first kappa shape index (κ1) is 10.2. The Morgan fingerprint density at radius 2 is 2.27 bits per heavy atom. The van der Waals surface area contributed by atoms with Crippen LogP contribution in [0.25, 0.3) is 0 Å². The summed E-state index contributed by atoms with van der Waals surface area (Å²) < 4.78 is 4.42. The van der Waals surface area contributed by atoms with Crippen molar-refractivity contribution in [1.29, 1.82) is 0 Å². The van der Waals surface area contributed by atoms with E-state index in [1.165, 1.54) is 7.11 Å². The van der Waals surface area contributed by atoms with Gasteiger partial charge in [0.25, 0.3) is 0 Å². The second-order valence-corrected chi connectivity index (χ2v) is 2.56. The Hall–Kier alpha value is -0.830. The number of carbonyl (C=O) groups is 1. The summed E-state index contributed by atoms with van der Waals surface area (Å²) in [5.41, 5.74) is 0.701. The Labute approximate surface area is 66.7 Å². The molecule has 0 aromatic heterocycles. The fourth-order valence-corrected chi connectivity index (χ4v) is 0.766. The lowest BCUT2D eigenvalue weighted by atomic mass is 10.1. The lowest BCUT2D eigenvalue weighted by molar-refractivity contribution is -0.139. The molecule has 0 radical (unpaired) electrons. The van der Waals surface area contributed by atoms with Gasteiger partial charge in [-0.05, 0) is 13.3 Å². The third kappa shape index (κ3) is 5.61. The van der Waals surface area contributed by atoms with Crippen LogP contribution in [0.2, 0.25) is 0 Å². The van der Waals surface area contributed by atoms with Gasteiger partial charge in [0.05, 0.1) is 19.6 Å². The number of aliphatic hydroxyl groups excluding tert-OH is 1. The van der Waals surface area contributed by atoms with Crippen LogP contribution >= 0.6 is 0 Å². The molecule has 0 amide bonds. The Morgan fingerprint density at radius 3 is 2.64 bits per heavy atom. The van der Waals surface area contributed by atoms with E-state index in [4.69, 9.17) is 5.11 Å². The van der Waals surface area contributed by atoms with Gasteiger partial charge in [-0.3, -0.25) is 4.79 Å². The van der Waals surface area contributed by atoms with Gasteiger partial charge in [-0.25, -0.2) is 0 Å². The van der Waals surface area contributed by atoms with Gasteiger partial charge in [0.15, 0.2) is 0 Å². The molecule has 1 N–H and O–H groups in total. The topological polar surface area (TPSA) is 46.5 Å². The first-order valence-electron chi connectivity index (χ1n) is 3.47. The van der Waals surface area contributed by atoms with Crippen LogP contribution in [0, 0.1) is 0 Å². The Balaban J connectivity index is 3.61. The molecule has 11 heavy (non-hydrogen) atoms. The second kappa shape index (κ2) is 4.91. The van der Waals surface area contributed by atoms with Crippen LogP contribution < -0.4 is 0 Å². The molecule has 0 aliphatic rings. The summed E-state index contributed by atoms with van der Waals surface area (Å²) in [6.07, 6.45) is 0.211. The second-order valence-electron chi connectivity index (χ2n) is 2.56. The summed E-state index contributed by atoms with van der Waals surface area (Å²) in [6.45, 7) is 5.28. The van der Waals surface area contributed by atoms with E-state index in [-0.39, 0.29) is 12.4 Å². The van der Waals surface area contributed by atoms with Crippen LogP contribution in [0.3, 0.4) is 0 Å². The van der Waals surface area contributed by atoms with Gasteiger partial charge in [-0.2, -0.15) is 0 Å². The molecule has 0 heterocycles. The molecule has 0 saturated heterocycles. The van der Waals surface area contributed by atoms with Crippen LogP contribution in [0.5, 0.6) is 0 Å². The SMILES string of the molecule is C=C(CC(=O)OC)C[C@H](C)O. The predicted octanol–water partition coefficient (Wildman–Crippen LogP) is 0.877. The molecule has 0 saturated carbocycles. The van der Waals surface area contributed by atoms with Crippen molar-refractivity contribution in [1.82, 2.24) is 0 Å². The van der Waals surface area contributed by atoms with Gasteiger partial charge in [-0.1, -0.05) is 12.2 Å². The maximum atomic E-state index is 10.6. The van der Waals surface area contributed by atoms with Crippen molar-refractivity contribution < 1.29 is 14.6 Å². The molecule has 0 fully saturated rings. The first-order chi connectivity index (χ1) is 5.06. The lowest BCUT2D eigenvalue weighted by Gasteiger charge is -2.05. The maximum absolute atomic E-state index is 10.6. The van der Waals surface area contributed by atoms with Crippen LogP contribution in [-0.2, 0) is 9.53 Å². The first-order valence-corrected chi connectivity index (χ1v) is 3.47. The third-order valence-corrected chi connectivity index (χ3v) is 1.21. The quantitative estimate of drug-likeness (QED) is 0.488. The average molecular weight is 158 g/mol. The third-order valence-electron chi connectivity index (χ3n) is 1.21. The van der Waals surface area contributed by atoms with Crippen molar-refractivity contribution in [3.05, 3.63) is 12.2 Å². The highest BCUT2D eigenvalue weighted by Gasteiger charge is 2.05. The Morgan fingerprint density at radius 1 is 1.73 bits per heavy atom. The highest BCUT2D eigenvalue weighted by Crippen LogP contribution is 2.07. The predicted molar refractivity (Wildman–Crippen MR) is 42.1 cm³/mol. The zero-order valence-corrected chi connectivity index (χ0v) is 6.96. The van der Waals surface area contributed by atoms with Gasteiger partial charge in [0, 0.05) is 0 Å². The smallest absolute Gasteiger partial charge is 0.309 e. The monoisotopic (exact) mass is 158 g/mol. The summed E-state index contributed by atoms with van der Waals surface area (Å²) in [4.78, 5) is 10.6. The summed E-state index contributed by atoms with van der Waals surface area (Å²) in [5, 5.41) is 8.90. The molecule has 0 spiro atoms. The van der Waals surface area contributed by atoms with Gasteiger partial charge in [0.1, 0.15) is 0 Å². The lowest BCUT2D eigenvalue weighted by Crippen LogP contribution is -2.06. The normalized spacial score (nSPS) is 12.3. The van der Waals surface area contributed by atoms with Crippen molar-refractivity contribution in [2.45, 2.75) is 25.9 Å². The molecule has 0 aromatic rings. The molecule has 0 aliphatic heterocycles. The van der Waals surface area contributed by atoms with Crippen LogP contribution in [0.1, 0.15) is 19.8 Å². The van der Waals surface area contributed by atoms with Crippen LogP contribution in [-0.4, -0.2) is 24.3 Å². The van der Waals surface area contributed by atoms with Crippen LogP contribution in [0.15, 0.2) is 12.2 Å². The number of aliphatic hydroxyl groups is 1. The van der Waals surface area contributed by atoms with E-state index in [0.717, 1.165) is 0 Å². The number of hydrogen-bond acceptors (Lipinski definition) is 3. The number of hydrogen-bond donors (Lipinski definition) is 1. The molecule has 1 atom stereocenters. The molecule has 3 heteroatoms. The summed E-state index contributed by atoms with van der Waals surface area (Å²) >= 11 is 0. The molecule has 0 bridgehead atoms. The summed E-state index contributed by atoms with van der Waals surface area (Å²) in [5.74, 6) is -0.310. The van der Waals surface area contributed by atoms with Crippen LogP contribution in [0.4, 0.5) is 0 Å². The molecular weight excluding hydrogens is 144 g/mol. The highest BCUT2D eigenvalue weighted by atomic mass is 16.5. The molecule has 0 rings (SSSR count). The van der Waals surface area contributed by atoms with E-state index in [9.17, 15) is 4.79 Å². The summed E-state index contributed by atoms with van der Waals surface area (Å²) in [6, 6.07) is 0. The van der Waals surface area contributed by atoms with E-state index in [2.05, 4.69) is 11.3 Å². The fraction of sp³-hybridized carbons (Fsp3) is 0.625. The van der Waals surface area contributed by atoms with E-state index in [0.29, 0.717) is 12.0 Å². The molecule has 64 valence electrons. The fourth-order valence-electron chi connectivity index (χ4n) is 0.766. The zero-order chi connectivity index (χ0) is 8.85. The van der Waals surface area contributed by atoms with Crippen molar-refractivity contribution in [3.8, 4) is 0 Å². The zero-order valence-electron chi connectivity index (χ0n) is 6.96. The number of esters is 1. The largest absolute Gasteiger partial charge is 0.469 e. The number of ether oxygens (including phenoxy) is 1. The standard InChI is InChI=1S/C8H14O3/c1-6(4-7(2)9)5-8(10)11-3/h7,9H,1,4-5H2,2-3H3/t7-/m0/s1. The summed E-state index contributed by atoms with van der Waals surface area (Å²) in [7, 11) is 1.33. The Bertz CT molecular complexity index is 149. The minimum Gasteiger partial charge on any atom is -0.469 e. The number of methoxy groups -OCH3 is 1. The van der Waals surface area contributed by atoms with Gasteiger partial charge < -0.3 is 9.84 Å². The van der Waals surface area contributed by atoms with Crippen molar-refractivity contribution in [2.24, 2.45) is 0 Å². The maximum Gasteiger partial charge on any atom is 0.309 e. The average Bonchev–Trinajstić information content (AvgIpc) is 1.85. The van der Waals surface area contributed by atoms with Crippen molar-refractivity contribution in [3.63, 3.8) is 0 Å². The molecule has 0 aromatic carbocycles. The van der Waals surface area contributed by atoms with Gasteiger partial charge in [0.2, 0.25) is 0 Å². The molecule has 0 unspecified atom stereocenters. The van der Waals surface area contributed by atoms with E-state index in [1.54, 1.807) is 6.92 Å². The Kier molecular flexibility index (Phi) is 4.54. The van der Waals surface area contributed by atoms with Gasteiger partial charge in [-0.15, -0.1) is 0 Å². The van der Waals surface area contributed by atoms with E-state index >= 15 is 0 Å². The van der Waals surface area contributed by atoms with E-state index < -0.39 is 6.10 Å². The number of rotatable bonds is 4. The number of carbonyl (C=O) groups excluding carboxylic acids is 1. The minimum atomic E-state index is -0.438. The van der Waals surface area contributed by atoms with Crippen molar-refractivity contribution in [2.75, 3.05) is 7.11 Å². The highest BCUT2D eigenvalue weighted by molar-refractivity contribution is 5.72. The molecule has 3 nitrogen and oxygen atoms in total. The molecule has 0 aliphatic carbocycles. The minimum absolute atomic E-state index is 0.196. The van der Waals surface area contributed by atoms with Crippen molar-refractivity contribution >= 4 is 5.97 Å². The molecular formula is C8H14O3. The van der Waals surface area contributed by atoms with Gasteiger partial charge >= 0.3 is 5.97 Å².